The maximum Gasteiger partial charge on any atom is 0.341 e. The zero-order chi connectivity index (χ0) is 16.7. The van der Waals surface area contributed by atoms with Crippen LogP contribution in [0, 0.1) is 0 Å². The highest BCUT2D eigenvalue weighted by molar-refractivity contribution is 5.89. The second-order valence-corrected chi connectivity index (χ2v) is 5.71. The molecule has 3 aromatic rings. The van der Waals surface area contributed by atoms with E-state index in [0.717, 1.165) is 5.52 Å². The van der Waals surface area contributed by atoms with Crippen LogP contribution in [0.4, 0.5) is 0 Å². The van der Waals surface area contributed by atoms with Crippen LogP contribution in [0.5, 0.6) is 5.88 Å². The number of hydrogen-bond donors (Lipinski definition) is 0. The Balaban J connectivity index is 1.66. The van der Waals surface area contributed by atoms with Gasteiger partial charge in [-0.15, -0.1) is 0 Å². The Hall–Kier alpha value is -3.08. The summed E-state index contributed by atoms with van der Waals surface area (Å²) in [7, 11) is 1.84. The first-order chi connectivity index (χ1) is 11.6. The lowest BCUT2D eigenvalue weighted by Gasteiger charge is -2.14. The fraction of sp³-hybridized carbons (Fsp3) is 0.158. The van der Waals surface area contributed by atoms with Gasteiger partial charge in [0.15, 0.2) is 5.43 Å². The Morgan fingerprint density at radius 2 is 1.83 bits per heavy atom. The third-order valence-corrected chi connectivity index (χ3v) is 4.21. The smallest absolute Gasteiger partial charge is 0.341 e. The molecule has 1 atom stereocenters. The highest BCUT2D eigenvalue weighted by atomic mass is 16.7. The van der Waals surface area contributed by atoms with E-state index in [-0.39, 0.29) is 11.8 Å². The van der Waals surface area contributed by atoms with Gasteiger partial charge < -0.3 is 14.0 Å². The third-order valence-electron chi connectivity index (χ3n) is 4.21. The standard InChI is InChI=1S/C19H15NO4/c1-20-15-10-6-5-9-13(15)17(21)14-11-16(23-18(14)20)24-19(22)12-7-3-2-4-8-12/h2-10,16H,11H2,1H3. The molecule has 0 aliphatic carbocycles. The fourth-order valence-electron chi connectivity index (χ4n) is 3.02. The Bertz CT molecular complexity index is 991. The summed E-state index contributed by atoms with van der Waals surface area (Å²) in [6, 6.07) is 16.1. The molecule has 5 nitrogen and oxygen atoms in total. The number of carbonyl (C=O) groups excluding carboxylic acids is 1. The molecule has 0 N–H and O–H groups in total. The number of ether oxygens (including phenoxy) is 2. The number of carbonyl (C=O) groups is 1. The number of rotatable bonds is 2. The van der Waals surface area contributed by atoms with Crippen molar-refractivity contribution in [2.75, 3.05) is 0 Å². The minimum Gasteiger partial charge on any atom is -0.439 e. The molecule has 0 amide bonds. The molecule has 4 rings (SSSR count). The zero-order valence-electron chi connectivity index (χ0n) is 13.1. The number of hydrogen-bond acceptors (Lipinski definition) is 4. The van der Waals surface area contributed by atoms with Crippen LogP contribution in [0.2, 0.25) is 0 Å². The van der Waals surface area contributed by atoms with Gasteiger partial charge in [0.05, 0.1) is 23.1 Å². The van der Waals surface area contributed by atoms with Crippen molar-refractivity contribution in [3.8, 4) is 5.88 Å². The highest BCUT2D eigenvalue weighted by Crippen LogP contribution is 2.29. The van der Waals surface area contributed by atoms with Gasteiger partial charge in [-0.2, -0.15) is 0 Å². The summed E-state index contributed by atoms with van der Waals surface area (Å²) in [6.45, 7) is 0. The highest BCUT2D eigenvalue weighted by Gasteiger charge is 2.31. The fourth-order valence-corrected chi connectivity index (χ4v) is 3.02. The van der Waals surface area contributed by atoms with Gasteiger partial charge in [0.2, 0.25) is 5.88 Å². The average molecular weight is 321 g/mol. The van der Waals surface area contributed by atoms with E-state index in [4.69, 9.17) is 9.47 Å². The Morgan fingerprint density at radius 3 is 2.62 bits per heavy atom. The van der Waals surface area contributed by atoms with Crippen molar-refractivity contribution < 1.29 is 14.3 Å². The van der Waals surface area contributed by atoms with Gasteiger partial charge in [0.25, 0.3) is 6.29 Å². The Morgan fingerprint density at radius 1 is 1.12 bits per heavy atom. The van der Waals surface area contributed by atoms with Crippen molar-refractivity contribution in [3.63, 3.8) is 0 Å². The van der Waals surface area contributed by atoms with Crippen molar-refractivity contribution in [3.05, 3.63) is 75.9 Å². The molecule has 0 saturated heterocycles. The van der Waals surface area contributed by atoms with Crippen LogP contribution in [0.25, 0.3) is 10.9 Å². The molecule has 24 heavy (non-hydrogen) atoms. The largest absolute Gasteiger partial charge is 0.439 e. The summed E-state index contributed by atoms with van der Waals surface area (Å²) >= 11 is 0. The Kier molecular flexibility index (Phi) is 3.34. The van der Waals surface area contributed by atoms with Crippen molar-refractivity contribution in [2.24, 2.45) is 7.05 Å². The summed E-state index contributed by atoms with van der Waals surface area (Å²) in [5.74, 6) is -0.00220. The second kappa shape index (κ2) is 5.53. The molecule has 1 aromatic heterocycles. The maximum absolute atomic E-state index is 12.6. The van der Waals surface area contributed by atoms with Gasteiger partial charge in [-0.05, 0) is 24.3 Å². The number of nitrogens with zero attached hydrogens (tertiary/aromatic N) is 1. The lowest BCUT2D eigenvalue weighted by atomic mass is 10.1. The molecule has 1 aliphatic heterocycles. The van der Waals surface area contributed by atoms with Crippen LogP contribution >= 0.6 is 0 Å². The van der Waals surface area contributed by atoms with Gasteiger partial charge >= 0.3 is 5.97 Å². The monoisotopic (exact) mass is 321 g/mol. The quantitative estimate of drug-likeness (QED) is 0.681. The molecule has 0 radical (unpaired) electrons. The van der Waals surface area contributed by atoms with Crippen molar-refractivity contribution in [1.29, 1.82) is 0 Å². The van der Waals surface area contributed by atoms with Crippen LogP contribution < -0.4 is 10.2 Å². The molecule has 2 aromatic carbocycles. The molecule has 1 unspecified atom stereocenters. The molecular weight excluding hydrogens is 306 g/mol. The number of aromatic nitrogens is 1. The summed E-state index contributed by atoms with van der Waals surface area (Å²) in [4.78, 5) is 24.8. The van der Waals surface area contributed by atoms with Crippen LogP contribution in [-0.4, -0.2) is 16.8 Å². The predicted molar refractivity (Wildman–Crippen MR) is 89.2 cm³/mol. The molecule has 120 valence electrons. The second-order valence-electron chi connectivity index (χ2n) is 5.71. The van der Waals surface area contributed by atoms with Crippen LogP contribution in [0.3, 0.4) is 0 Å². The average Bonchev–Trinajstić information content (AvgIpc) is 3.04. The van der Waals surface area contributed by atoms with Gasteiger partial charge in [0.1, 0.15) is 0 Å². The molecule has 2 heterocycles. The molecule has 1 aliphatic rings. The minimum atomic E-state index is -0.789. The predicted octanol–water partition coefficient (Wildman–Crippen LogP) is 2.66. The lowest BCUT2D eigenvalue weighted by molar-refractivity contribution is -0.0386. The molecule has 5 heteroatoms. The van der Waals surface area contributed by atoms with E-state index in [2.05, 4.69) is 0 Å². The van der Waals surface area contributed by atoms with Gasteiger partial charge in [-0.25, -0.2) is 4.79 Å². The topological polar surface area (TPSA) is 57.5 Å². The van der Waals surface area contributed by atoms with E-state index in [1.165, 1.54) is 0 Å². The van der Waals surface area contributed by atoms with E-state index < -0.39 is 12.3 Å². The number of fused-ring (bicyclic) bond motifs is 2. The number of aryl methyl sites for hydroxylation is 1. The Labute approximate surface area is 138 Å². The molecule has 0 spiro atoms. The SMILES string of the molecule is Cn1c2c(c(=O)c3ccccc31)CC(OC(=O)c1ccccc1)O2. The first-order valence-electron chi connectivity index (χ1n) is 7.68. The molecule has 0 fully saturated rings. The minimum absolute atomic E-state index is 0.0723. The van der Waals surface area contributed by atoms with Crippen molar-refractivity contribution in [1.82, 2.24) is 4.57 Å². The van der Waals surface area contributed by atoms with Crippen molar-refractivity contribution in [2.45, 2.75) is 12.7 Å². The zero-order valence-corrected chi connectivity index (χ0v) is 13.1. The summed E-state index contributed by atoms with van der Waals surface area (Å²) in [5.41, 5.74) is 1.71. The van der Waals surface area contributed by atoms with Crippen LogP contribution in [0.1, 0.15) is 15.9 Å². The third kappa shape index (κ3) is 2.25. The number of pyridine rings is 1. The molecule has 0 bridgehead atoms. The van der Waals surface area contributed by atoms with E-state index >= 15 is 0 Å². The van der Waals surface area contributed by atoms with E-state index in [0.29, 0.717) is 22.4 Å². The van der Waals surface area contributed by atoms with Crippen LogP contribution in [-0.2, 0) is 18.2 Å². The maximum atomic E-state index is 12.6. The normalized spacial score (nSPS) is 15.8. The van der Waals surface area contributed by atoms with E-state index in [1.54, 1.807) is 30.3 Å². The van der Waals surface area contributed by atoms with Gasteiger partial charge in [-0.1, -0.05) is 30.3 Å². The molecular formula is C19H15NO4. The van der Waals surface area contributed by atoms with Crippen molar-refractivity contribution >= 4 is 16.9 Å². The number of benzene rings is 2. The van der Waals surface area contributed by atoms with E-state index in [1.807, 2.05) is 35.9 Å². The summed E-state index contributed by atoms with van der Waals surface area (Å²) in [6.07, 6.45) is -0.533. The first-order valence-corrected chi connectivity index (χ1v) is 7.68. The van der Waals surface area contributed by atoms with Gasteiger partial charge in [-0.3, -0.25) is 4.79 Å². The number of para-hydroxylation sites is 1. The van der Waals surface area contributed by atoms with E-state index in [9.17, 15) is 9.59 Å². The summed E-state index contributed by atoms with van der Waals surface area (Å²) < 4.78 is 13.0. The number of esters is 1. The molecule has 0 saturated carbocycles. The van der Waals surface area contributed by atoms with Gasteiger partial charge in [0, 0.05) is 12.4 Å². The van der Waals surface area contributed by atoms with Crippen LogP contribution in [0.15, 0.2) is 59.4 Å². The lowest BCUT2D eigenvalue weighted by Crippen LogP contribution is -2.22. The summed E-state index contributed by atoms with van der Waals surface area (Å²) in [5, 5.41) is 0.636. The first kappa shape index (κ1) is 14.5.